The predicted molar refractivity (Wildman–Crippen MR) is 69.0 cm³/mol. The molecule has 0 saturated heterocycles. The number of rotatable bonds is 4. The van der Waals surface area contributed by atoms with Gasteiger partial charge in [0.2, 0.25) is 0 Å². The maximum atomic E-state index is 13.3. The number of hydrogen-bond acceptors (Lipinski definition) is 3. The van der Waals surface area contributed by atoms with Crippen molar-refractivity contribution in [3.63, 3.8) is 0 Å². The highest BCUT2D eigenvalue weighted by Gasteiger charge is 2.15. The summed E-state index contributed by atoms with van der Waals surface area (Å²) in [6, 6.07) is 4.93. The van der Waals surface area contributed by atoms with Gasteiger partial charge in [-0.1, -0.05) is 23.7 Å². The lowest BCUT2D eigenvalue weighted by molar-refractivity contribution is 0.573. The van der Waals surface area contributed by atoms with Crippen LogP contribution in [0.15, 0.2) is 29.1 Å². The molecule has 0 aliphatic rings. The van der Waals surface area contributed by atoms with Crippen molar-refractivity contribution in [2.24, 2.45) is 0 Å². The first-order valence-corrected chi connectivity index (χ1v) is 6.52. The zero-order chi connectivity index (χ0) is 12.3. The van der Waals surface area contributed by atoms with E-state index < -0.39 is 0 Å². The summed E-state index contributed by atoms with van der Waals surface area (Å²) in [6.45, 7) is 0. The van der Waals surface area contributed by atoms with Gasteiger partial charge in [-0.25, -0.2) is 9.37 Å². The monoisotopic (exact) mass is 270 g/mol. The summed E-state index contributed by atoms with van der Waals surface area (Å²) in [5.74, 6) is -0.378. The lowest BCUT2D eigenvalue weighted by Crippen LogP contribution is -2.19. The Balaban J connectivity index is 2.22. The summed E-state index contributed by atoms with van der Waals surface area (Å²) in [4.78, 5) is 4.25. The number of hydrogen-bond donors (Lipinski definition) is 1. The average Bonchev–Trinajstić information content (AvgIpc) is 2.85. The number of halogens is 2. The van der Waals surface area contributed by atoms with Crippen LogP contribution in [0.4, 0.5) is 4.39 Å². The molecule has 1 atom stereocenters. The van der Waals surface area contributed by atoms with Crippen molar-refractivity contribution >= 4 is 22.9 Å². The molecule has 1 aromatic carbocycles. The highest BCUT2D eigenvalue weighted by Crippen LogP contribution is 2.25. The van der Waals surface area contributed by atoms with E-state index in [9.17, 15) is 4.39 Å². The van der Waals surface area contributed by atoms with E-state index in [-0.39, 0.29) is 16.9 Å². The molecule has 0 aliphatic heterocycles. The molecule has 0 saturated carbocycles. The minimum absolute atomic E-state index is 0.0561. The SMILES string of the molecule is CNC(Cc1cccc(F)c1Cl)c1cscn1. The Morgan fingerprint density at radius 2 is 2.35 bits per heavy atom. The molecule has 1 N–H and O–H groups in total. The number of likely N-dealkylation sites (N-methyl/N-ethyl adjacent to an activating group) is 1. The molecule has 0 bridgehead atoms. The Hall–Kier alpha value is -0.970. The molecule has 2 nitrogen and oxygen atoms in total. The molecule has 0 amide bonds. The number of nitrogens with one attached hydrogen (secondary N) is 1. The molecule has 0 radical (unpaired) electrons. The van der Waals surface area contributed by atoms with Gasteiger partial charge in [0.15, 0.2) is 0 Å². The van der Waals surface area contributed by atoms with Crippen molar-refractivity contribution in [3.8, 4) is 0 Å². The van der Waals surface area contributed by atoms with Crippen LogP contribution in [-0.4, -0.2) is 12.0 Å². The van der Waals surface area contributed by atoms with Crippen molar-refractivity contribution < 1.29 is 4.39 Å². The fraction of sp³-hybridized carbons (Fsp3) is 0.250. The molecule has 0 spiro atoms. The third-order valence-corrected chi connectivity index (χ3v) is 3.64. The van der Waals surface area contributed by atoms with E-state index in [0.717, 1.165) is 11.3 Å². The maximum absolute atomic E-state index is 13.3. The summed E-state index contributed by atoms with van der Waals surface area (Å²) in [6.07, 6.45) is 0.622. The Morgan fingerprint density at radius 1 is 1.53 bits per heavy atom. The second-order valence-corrected chi connectivity index (χ2v) is 4.77. The zero-order valence-electron chi connectivity index (χ0n) is 9.28. The van der Waals surface area contributed by atoms with Crippen LogP contribution in [0.2, 0.25) is 5.02 Å². The van der Waals surface area contributed by atoms with Gasteiger partial charge >= 0.3 is 0 Å². The van der Waals surface area contributed by atoms with Crippen LogP contribution >= 0.6 is 22.9 Å². The van der Waals surface area contributed by atoms with E-state index in [1.807, 2.05) is 18.5 Å². The Morgan fingerprint density at radius 3 is 3.00 bits per heavy atom. The first kappa shape index (κ1) is 12.5. The third-order valence-electron chi connectivity index (χ3n) is 2.61. The molecule has 0 fully saturated rings. The van der Waals surface area contributed by atoms with Gasteiger partial charge in [0, 0.05) is 5.38 Å². The van der Waals surface area contributed by atoms with E-state index in [1.54, 1.807) is 22.9 Å². The fourth-order valence-corrected chi connectivity index (χ4v) is 2.49. The average molecular weight is 271 g/mol. The number of thiazole rings is 1. The second kappa shape index (κ2) is 5.58. The fourth-order valence-electron chi connectivity index (χ4n) is 1.67. The molecule has 1 unspecified atom stereocenters. The van der Waals surface area contributed by atoms with Crippen LogP contribution in [0.3, 0.4) is 0 Å². The smallest absolute Gasteiger partial charge is 0.142 e. The van der Waals surface area contributed by atoms with Crippen molar-refractivity contribution in [2.45, 2.75) is 12.5 Å². The van der Waals surface area contributed by atoms with E-state index in [4.69, 9.17) is 11.6 Å². The Labute approximate surface area is 108 Å². The highest BCUT2D eigenvalue weighted by atomic mass is 35.5. The summed E-state index contributed by atoms with van der Waals surface area (Å²) < 4.78 is 13.3. The van der Waals surface area contributed by atoms with Gasteiger partial charge in [-0.15, -0.1) is 11.3 Å². The number of aromatic nitrogens is 1. The maximum Gasteiger partial charge on any atom is 0.142 e. The van der Waals surface area contributed by atoms with E-state index in [2.05, 4.69) is 10.3 Å². The van der Waals surface area contributed by atoms with E-state index >= 15 is 0 Å². The number of benzene rings is 1. The molecular weight excluding hydrogens is 259 g/mol. The van der Waals surface area contributed by atoms with Gasteiger partial charge in [0.1, 0.15) is 5.82 Å². The predicted octanol–water partition coefficient (Wildman–Crippen LogP) is 3.44. The number of nitrogens with zero attached hydrogens (tertiary/aromatic N) is 1. The van der Waals surface area contributed by atoms with Crippen LogP contribution < -0.4 is 5.32 Å². The zero-order valence-corrected chi connectivity index (χ0v) is 10.9. The summed E-state index contributed by atoms with van der Waals surface area (Å²) >= 11 is 7.48. The second-order valence-electron chi connectivity index (χ2n) is 3.67. The van der Waals surface area contributed by atoms with E-state index in [0.29, 0.717) is 6.42 Å². The molecule has 90 valence electrons. The molecule has 17 heavy (non-hydrogen) atoms. The van der Waals surface area contributed by atoms with E-state index in [1.165, 1.54) is 6.07 Å². The van der Waals surface area contributed by atoms with Crippen LogP contribution in [0, 0.1) is 5.82 Å². The van der Waals surface area contributed by atoms with Gasteiger partial charge < -0.3 is 5.32 Å². The standard InChI is InChI=1S/C12H12ClFN2S/c1-15-10(11-6-17-7-16-11)5-8-3-2-4-9(14)12(8)13/h2-4,6-7,10,15H,5H2,1H3. The first-order chi connectivity index (χ1) is 8.22. The van der Waals surface area contributed by atoms with Crippen molar-refractivity contribution in [1.82, 2.24) is 10.3 Å². The van der Waals surface area contributed by atoms with Gasteiger partial charge in [-0.3, -0.25) is 0 Å². The third kappa shape index (κ3) is 2.83. The van der Waals surface area contributed by atoms with Gasteiger partial charge in [0.05, 0.1) is 22.3 Å². The minimum atomic E-state index is -0.378. The molecular formula is C12H12ClFN2S. The van der Waals surface area contributed by atoms with Gasteiger partial charge in [-0.2, -0.15) is 0 Å². The Kier molecular flexibility index (Phi) is 4.10. The molecule has 2 aromatic rings. The lowest BCUT2D eigenvalue weighted by Gasteiger charge is -2.14. The molecule has 1 aromatic heterocycles. The van der Waals surface area contributed by atoms with Gasteiger partial charge in [0.25, 0.3) is 0 Å². The topological polar surface area (TPSA) is 24.9 Å². The van der Waals surface area contributed by atoms with Crippen LogP contribution in [0.1, 0.15) is 17.3 Å². The minimum Gasteiger partial charge on any atom is -0.311 e. The van der Waals surface area contributed by atoms with Gasteiger partial charge in [-0.05, 0) is 25.1 Å². The van der Waals surface area contributed by atoms with Crippen LogP contribution in [0.25, 0.3) is 0 Å². The first-order valence-electron chi connectivity index (χ1n) is 5.20. The normalized spacial score (nSPS) is 12.6. The molecule has 5 heteroatoms. The van der Waals surface area contributed by atoms with Crippen molar-refractivity contribution in [3.05, 3.63) is 51.2 Å². The lowest BCUT2D eigenvalue weighted by atomic mass is 10.0. The van der Waals surface area contributed by atoms with Crippen molar-refractivity contribution in [2.75, 3.05) is 7.05 Å². The molecule has 1 heterocycles. The quantitative estimate of drug-likeness (QED) is 0.921. The highest BCUT2D eigenvalue weighted by molar-refractivity contribution is 7.07. The summed E-state index contributed by atoms with van der Waals surface area (Å²) in [5, 5.41) is 5.34. The van der Waals surface area contributed by atoms with Crippen molar-refractivity contribution in [1.29, 1.82) is 0 Å². The molecule has 2 rings (SSSR count). The molecule has 0 aliphatic carbocycles. The Bertz CT molecular complexity index is 487. The summed E-state index contributed by atoms with van der Waals surface area (Å²) in [5.41, 5.74) is 3.53. The summed E-state index contributed by atoms with van der Waals surface area (Å²) in [7, 11) is 1.86. The largest absolute Gasteiger partial charge is 0.311 e. The van der Waals surface area contributed by atoms with Crippen LogP contribution in [-0.2, 0) is 6.42 Å². The van der Waals surface area contributed by atoms with Crippen LogP contribution in [0.5, 0.6) is 0 Å².